The minimum atomic E-state index is -1.45. The number of anilines is 2. The number of piperidine rings is 1. The predicted octanol–water partition coefficient (Wildman–Crippen LogP) is 4.65. The molecule has 2 aromatic carbocycles. The standard InChI is InChI=1S/C28H32ClFN4O7/c1-27(2,40-4)14-20(32-23(35)16-6-8-17(9-7-16)31-25(37)39-3)24(36)34-13-5-12-28(15-34)21-19(33-26(38)41-28)11-10-18(29)22(21)30/h6-11,20H,5,12-15H2,1-4H3,(H,31,37)(H,32,35)(H,33,38)/t20-,28-/m0/s1. The van der Waals surface area contributed by atoms with E-state index < -0.39 is 47.1 Å². The van der Waals surface area contributed by atoms with E-state index in [0.717, 1.165) is 0 Å². The lowest BCUT2D eigenvalue weighted by Gasteiger charge is -2.46. The Labute approximate surface area is 241 Å². The molecule has 1 fully saturated rings. The van der Waals surface area contributed by atoms with Gasteiger partial charge in [0.25, 0.3) is 5.91 Å². The lowest BCUT2D eigenvalue weighted by Crippen LogP contribution is -2.58. The number of carbonyl (C=O) groups is 4. The van der Waals surface area contributed by atoms with E-state index in [1.807, 2.05) is 0 Å². The summed E-state index contributed by atoms with van der Waals surface area (Å²) in [7, 11) is 2.74. The van der Waals surface area contributed by atoms with Gasteiger partial charge in [0.15, 0.2) is 11.4 Å². The second kappa shape index (κ2) is 11.9. The van der Waals surface area contributed by atoms with E-state index in [1.165, 1.54) is 55.5 Å². The average Bonchev–Trinajstić information content (AvgIpc) is 2.94. The summed E-state index contributed by atoms with van der Waals surface area (Å²) >= 11 is 6.07. The normalized spacial score (nSPS) is 19.0. The Balaban J connectivity index is 1.59. The molecule has 4 amide bonds. The summed E-state index contributed by atoms with van der Waals surface area (Å²) in [6, 6.07) is 7.87. The van der Waals surface area contributed by atoms with Crippen molar-refractivity contribution in [3.05, 3.63) is 58.4 Å². The maximum Gasteiger partial charge on any atom is 0.412 e. The van der Waals surface area contributed by atoms with Crippen LogP contribution in [0.4, 0.5) is 25.4 Å². The zero-order valence-corrected chi connectivity index (χ0v) is 23.9. The quantitative estimate of drug-likeness (QED) is 0.427. The highest BCUT2D eigenvalue weighted by Crippen LogP contribution is 2.45. The molecule has 0 saturated carbocycles. The maximum absolute atomic E-state index is 15.3. The number of hydrogen-bond acceptors (Lipinski definition) is 7. The molecule has 4 rings (SSSR count). The second-order valence-corrected chi connectivity index (χ2v) is 11.0. The smallest absolute Gasteiger partial charge is 0.412 e. The van der Waals surface area contributed by atoms with Crippen LogP contribution in [0, 0.1) is 5.82 Å². The van der Waals surface area contributed by atoms with Gasteiger partial charge >= 0.3 is 12.2 Å². The van der Waals surface area contributed by atoms with Crippen molar-refractivity contribution in [3.63, 3.8) is 0 Å². The number of fused-ring (bicyclic) bond motifs is 2. The van der Waals surface area contributed by atoms with Crippen LogP contribution in [0.5, 0.6) is 0 Å². The molecule has 3 N–H and O–H groups in total. The van der Waals surface area contributed by atoms with Gasteiger partial charge in [0, 0.05) is 31.3 Å². The van der Waals surface area contributed by atoms with Gasteiger partial charge in [0.2, 0.25) is 5.91 Å². The number of nitrogens with zero attached hydrogens (tertiary/aromatic N) is 1. The fourth-order valence-electron chi connectivity index (χ4n) is 5.07. The SMILES string of the molecule is COC(=O)Nc1ccc(C(=O)N[C@@H](CC(C)(C)OC)C(=O)N2CCC[C@@]3(C2)OC(=O)Nc2ccc(Cl)c(F)c23)cc1. The fourth-order valence-corrected chi connectivity index (χ4v) is 5.23. The van der Waals surface area contributed by atoms with Gasteiger partial charge in [-0.1, -0.05) is 11.6 Å². The lowest BCUT2D eigenvalue weighted by atomic mass is 9.82. The number of halogens is 2. The Hall–Kier alpha value is -3.90. The molecule has 2 aromatic rings. The van der Waals surface area contributed by atoms with Crippen molar-refractivity contribution in [2.24, 2.45) is 0 Å². The van der Waals surface area contributed by atoms with Crippen LogP contribution in [-0.4, -0.2) is 67.9 Å². The van der Waals surface area contributed by atoms with Crippen LogP contribution in [0.2, 0.25) is 5.02 Å². The van der Waals surface area contributed by atoms with Gasteiger partial charge in [-0.05, 0) is 63.1 Å². The average molecular weight is 591 g/mol. The van der Waals surface area contributed by atoms with Crippen LogP contribution in [0.1, 0.15) is 49.0 Å². The van der Waals surface area contributed by atoms with E-state index >= 15 is 4.39 Å². The summed E-state index contributed by atoms with van der Waals surface area (Å²) in [6.07, 6.45) is -0.603. The van der Waals surface area contributed by atoms with Crippen LogP contribution in [0.3, 0.4) is 0 Å². The highest BCUT2D eigenvalue weighted by molar-refractivity contribution is 6.31. The van der Waals surface area contributed by atoms with Gasteiger partial charge in [-0.2, -0.15) is 0 Å². The van der Waals surface area contributed by atoms with E-state index in [4.69, 9.17) is 21.1 Å². The van der Waals surface area contributed by atoms with Gasteiger partial charge in [0.1, 0.15) is 6.04 Å². The minimum absolute atomic E-state index is 0.0839. The number of benzene rings is 2. The van der Waals surface area contributed by atoms with E-state index in [0.29, 0.717) is 18.7 Å². The highest BCUT2D eigenvalue weighted by Gasteiger charge is 2.49. The Bertz CT molecular complexity index is 1350. The Morgan fingerprint density at radius 3 is 2.56 bits per heavy atom. The van der Waals surface area contributed by atoms with Crippen molar-refractivity contribution < 1.29 is 37.8 Å². The zero-order valence-electron chi connectivity index (χ0n) is 23.1. The molecule has 1 saturated heterocycles. The van der Waals surface area contributed by atoms with Crippen LogP contribution in [0.25, 0.3) is 0 Å². The van der Waals surface area contributed by atoms with Crippen molar-refractivity contribution in [3.8, 4) is 0 Å². The van der Waals surface area contributed by atoms with Gasteiger partial charge < -0.3 is 24.4 Å². The molecule has 220 valence electrons. The number of nitrogens with one attached hydrogen (secondary N) is 3. The van der Waals surface area contributed by atoms with Crippen LogP contribution in [-0.2, 0) is 24.6 Å². The van der Waals surface area contributed by atoms with Crippen molar-refractivity contribution in [1.82, 2.24) is 10.2 Å². The summed E-state index contributed by atoms with van der Waals surface area (Å²) < 4.78 is 31.1. The summed E-state index contributed by atoms with van der Waals surface area (Å²) in [5, 5.41) is 7.66. The molecule has 2 heterocycles. The fraction of sp³-hybridized carbons (Fsp3) is 0.429. The van der Waals surface area contributed by atoms with Crippen molar-refractivity contribution in [2.45, 2.75) is 50.4 Å². The summed E-state index contributed by atoms with van der Waals surface area (Å²) in [4.78, 5) is 52.5. The number of methoxy groups -OCH3 is 2. The Morgan fingerprint density at radius 1 is 1.20 bits per heavy atom. The Morgan fingerprint density at radius 2 is 1.90 bits per heavy atom. The number of amides is 4. The van der Waals surface area contributed by atoms with Gasteiger partial charge in [-0.3, -0.25) is 20.2 Å². The predicted molar refractivity (Wildman–Crippen MR) is 148 cm³/mol. The summed E-state index contributed by atoms with van der Waals surface area (Å²) in [5.74, 6) is -1.69. The number of carbonyl (C=O) groups excluding carboxylic acids is 4. The number of likely N-dealkylation sites (tertiary alicyclic amines) is 1. The van der Waals surface area contributed by atoms with Crippen molar-refractivity contribution >= 4 is 47.0 Å². The van der Waals surface area contributed by atoms with Gasteiger partial charge in [-0.15, -0.1) is 0 Å². The zero-order chi connectivity index (χ0) is 29.9. The molecule has 41 heavy (non-hydrogen) atoms. The Kier molecular flexibility index (Phi) is 8.74. The van der Waals surface area contributed by atoms with Gasteiger partial charge in [-0.25, -0.2) is 14.0 Å². The minimum Gasteiger partial charge on any atom is -0.453 e. The van der Waals surface area contributed by atoms with Crippen LogP contribution < -0.4 is 16.0 Å². The van der Waals surface area contributed by atoms with E-state index in [9.17, 15) is 19.2 Å². The topological polar surface area (TPSA) is 135 Å². The number of rotatable bonds is 7. The first-order chi connectivity index (χ1) is 19.4. The first kappa shape index (κ1) is 30.1. The number of ether oxygens (including phenoxy) is 3. The molecular weight excluding hydrogens is 559 g/mol. The van der Waals surface area contributed by atoms with E-state index in [2.05, 4.69) is 20.7 Å². The molecular formula is C28H32ClFN4O7. The largest absolute Gasteiger partial charge is 0.453 e. The third-order valence-electron chi connectivity index (χ3n) is 7.27. The highest BCUT2D eigenvalue weighted by atomic mass is 35.5. The first-order valence-corrected chi connectivity index (χ1v) is 13.3. The van der Waals surface area contributed by atoms with Crippen molar-refractivity contribution in [1.29, 1.82) is 0 Å². The summed E-state index contributed by atoms with van der Waals surface area (Å²) in [6.45, 7) is 3.74. The third kappa shape index (κ3) is 6.54. The maximum atomic E-state index is 15.3. The molecule has 0 aliphatic carbocycles. The molecule has 2 aliphatic rings. The molecule has 2 atom stereocenters. The molecule has 1 spiro atoms. The molecule has 2 aliphatic heterocycles. The molecule has 13 heteroatoms. The van der Waals surface area contributed by atoms with Gasteiger partial charge in [0.05, 0.1) is 35.5 Å². The lowest BCUT2D eigenvalue weighted by molar-refractivity contribution is -0.143. The van der Waals surface area contributed by atoms with E-state index in [1.54, 1.807) is 13.8 Å². The second-order valence-electron chi connectivity index (χ2n) is 10.5. The molecule has 0 bridgehead atoms. The molecule has 0 radical (unpaired) electrons. The van der Waals surface area contributed by atoms with E-state index in [-0.39, 0.29) is 41.2 Å². The monoisotopic (exact) mass is 590 g/mol. The third-order valence-corrected chi connectivity index (χ3v) is 7.56. The van der Waals surface area contributed by atoms with Crippen molar-refractivity contribution in [2.75, 3.05) is 37.9 Å². The molecule has 0 unspecified atom stereocenters. The van der Waals surface area contributed by atoms with Crippen LogP contribution >= 0.6 is 11.6 Å². The molecule has 0 aromatic heterocycles. The summed E-state index contributed by atoms with van der Waals surface area (Å²) in [5.41, 5.74) is -1.25. The molecule has 11 nitrogen and oxygen atoms in total. The first-order valence-electron chi connectivity index (χ1n) is 13.0. The van der Waals surface area contributed by atoms with Crippen LogP contribution in [0.15, 0.2) is 36.4 Å². The number of hydrogen-bond donors (Lipinski definition) is 3.